The van der Waals surface area contributed by atoms with E-state index in [0.717, 1.165) is 4.90 Å². The van der Waals surface area contributed by atoms with Crippen molar-refractivity contribution < 1.29 is 36.3 Å². The molecule has 3 fully saturated rings. The van der Waals surface area contributed by atoms with E-state index in [1.807, 2.05) is 0 Å². The van der Waals surface area contributed by atoms with E-state index >= 15 is 0 Å². The molecule has 0 unspecified atom stereocenters. The van der Waals surface area contributed by atoms with Crippen LogP contribution in [0.5, 0.6) is 0 Å². The van der Waals surface area contributed by atoms with Gasteiger partial charge in [-0.3, -0.25) is 4.55 Å². The lowest BCUT2D eigenvalue weighted by Gasteiger charge is -2.47. The zero-order valence-electron chi connectivity index (χ0n) is 12.6. The predicted octanol–water partition coefficient (Wildman–Crippen LogP) is -0.608. The van der Waals surface area contributed by atoms with Crippen molar-refractivity contribution in [3.63, 3.8) is 0 Å². The van der Waals surface area contributed by atoms with Gasteiger partial charge in [0.2, 0.25) is 0 Å². The Morgan fingerprint density at radius 1 is 1.42 bits per heavy atom. The molecule has 0 saturated carbocycles. The largest absolute Gasteiger partial charge is 0.479 e. The van der Waals surface area contributed by atoms with E-state index in [0.29, 0.717) is 11.6 Å². The summed E-state index contributed by atoms with van der Waals surface area (Å²) in [6.45, 7) is 0.410. The van der Waals surface area contributed by atoms with Crippen LogP contribution >= 0.6 is 0 Å². The number of hydrogen-bond acceptors (Lipinski definition) is 6. The lowest BCUT2D eigenvalue weighted by atomic mass is 9.72. The average Bonchev–Trinajstić information content (AvgIpc) is 2.73. The monoisotopic (exact) mass is 367 g/mol. The number of carbonyl (C=O) groups excluding carboxylic acids is 1. The molecule has 3 N–H and O–H groups in total. The van der Waals surface area contributed by atoms with Gasteiger partial charge in [0.25, 0.3) is 0 Å². The molecular weight excluding hydrogens is 349 g/mol. The maximum Gasteiger partial charge on any atom is 0.418 e. The second-order valence-corrected chi connectivity index (χ2v) is 7.26. The minimum absolute atomic E-state index is 0.0309. The van der Waals surface area contributed by atoms with Crippen molar-refractivity contribution >= 4 is 22.4 Å². The van der Waals surface area contributed by atoms with Crippen LogP contribution in [0.15, 0.2) is 0 Å². The van der Waals surface area contributed by atoms with Crippen LogP contribution in [-0.2, 0) is 19.5 Å². The highest BCUT2D eigenvalue weighted by atomic mass is 32.3. The van der Waals surface area contributed by atoms with Crippen LogP contribution in [0.1, 0.15) is 19.3 Å². The number of carbonyl (C=O) groups is 2. The highest BCUT2D eigenvalue weighted by Crippen LogP contribution is 2.44. The molecule has 0 spiro atoms. The maximum absolute atomic E-state index is 14.4. The highest BCUT2D eigenvalue weighted by molar-refractivity contribution is 7.80. The number of aliphatic carboxylic acids is 1. The lowest BCUT2D eigenvalue weighted by molar-refractivity contribution is -0.158. The quantitative estimate of drug-likeness (QED) is 0.560. The van der Waals surface area contributed by atoms with Gasteiger partial charge in [0.1, 0.15) is 11.7 Å². The first-order valence-electron chi connectivity index (χ1n) is 7.53. The van der Waals surface area contributed by atoms with Crippen molar-refractivity contribution in [2.75, 3.05) is 19.6 Å². The number of urea groups is 1. The van der Waals surface area contributed by atoms with Crippen LogP contribution in [-0.4, -0.2) is 77.4 Å². The number of halogens is 1. The smallest absolute Gasteiger partial charge is 0.418 e. The van der Waals surface area contributed by atoms with E-state index in [9.17, 15) is 27.5 Å². The molecule has 10 nitrogen and oxygen atoms in total. The Hall–Kier alpha value is -1.50. The SMILES string of the molecule is O=C1N(OS(=O)(=O)O)[C@@H]2CC[C@@](C(=O)O)([C@@H]3CNCC[C@@H]3F)N1C2. The number of nitrogens with zero attached hydrogens (tertiary/aromatic N) is 2. The van der Waals surface area contributed by atoms with Gasteiger partial charge in [-0.1, -0.05) is 0 Å². The summed E-state index contributed by atoms with van der Waals surface area (Å²) >= 11 is 0. The Labute approximate surface area is 137 Å². The third kappa shape index (κ3) is 2.62. The van der Waals surface area contributed by atoms with Crippen molar-refractivity contribution in [3.8, 4) is 0 Å². The molecule has 2 amide bonds. The lowest BCUT2D eigenvalue weighted by Crippen LogP contribution is -2.66. The standard InChI is InChI=1S/C12H18FN3O7S/c13-9-2-4-14-5-8(9)12(10(17)18)3-1-7-6-15(12)11(19)16(7)23-24(20,21)22/h7-9,14H,1-6H2,(H,17,18)(H,20,21,22)/t7-,8-,9+,12+/m1/s1. The summed E-state index contributed by atoms with van der Waals surface area (Å²) in [5, 5.41) is 13.2. The zero-order valence-corrected chi connectivity index (χ0v) is 13.4. The summed E-state index contributed by atoms with van der Waals surface area (Å²) in [4.78, 5) is 25.5. The molecular formula is C12H18FN3O7S. The van der Waals surface area contributed by atoms with Crippen molar-refractivity contribution in [2.24, 2.45) is 5.92 Å². The topological polar surface area (TPSA) is 136 Å². The Morgan fingerprint density at radius 2 is 2.12 bits per heavy atom. The van der Waals surface area contributed by atoms with Crippen LogP contribution < -0.4 is 5.32 Å². The Bertz CT molecular complexity index is 659. The molecule has 0 aromatic heterocycles. The van der Waals surface area contributed by atoms with Gasteiger partial charge >= 0.3 is 22.4 Å². The summed E-state index contributed by atoms with van der Waals surface area (Å²) in [5.41, 5.74) is -1.78. The molecule has 3 aliphatic rings. The van der Waals surface area contributed by atoms with Crippen molar-refractivity contribution in [3.05, 3.63) is 0 Å². The molecule has 12 heteroatoms. The molecule has 0 aromatic rings. The van der Waals surface area contributed by atoms with E-state index in [-0.39, 0.29) is 32.4 Å². The number of amides is 2. The zero-order chi connectivity index (χ0) is 17.7. The average molecular weight is 367 g/mol. The molecule has 4 atom stereocenters. The van der Waals surface area contributed by atoms with Gasteiger partial charge in [0.15, 0.2) is 0 Å². The number of alkyl halides is 1. The molecule has 3 heterocycles. The van der Waals surface area contributed by atoms with E-state index in [2.05, 4.69) is 9.60 Å². The first-order valence-corrected chi connectivity index (χ1v) is 8.89. The van der Waals surface area contributed by atoms with Crippen LogP contribution in [0.3, 0.4) is 0 Å². The van der Waals surface area contributed by atoms with Gasteiger partial charge in [-0.15, -0.1) is 4.28 Å². The molecule has 136 valence electrons. The van der Waals surface area contributed by atoms with Crippen molar-refractivity contribution in [1.29, 1.82) is 0 Å². The first kappa shape index (κ1) is 17.3. The second-order valence-electron chi connectivity index (χ2n) is 6.26. The van der Waals surface area contributed by atoms with Gasteiger partial charge in [-0.2, -0.15) is 13.5 Å². The maximum atomic E-state index is 14.4. The van der Waals surface area contributed by atoms with Gasteiger partial charge in [-0.05, 0) is 25.8 Å². The molecule has 3 rings (SSSR count). The number of hydroxylamine groups is 2. The van der Waals surface area contributed by atoms with Gasteiger partial charge in [0.05, 0.1) is 6.04 Å². The number of nitrogens with one attached hydrogen (secondary N) is 1. The summed E-state index contributed by atoms with van der Waals surface area (Å²) in [6.07, 6.45) is -1.18. The van der Waals surface area contributed by atoms with Crippen LogP contribution in [0.25, 0.3) is 0 Å². The van der Waals surface area contributed by atoms with Crippen molar-refractivity contribution in [2.45, 2.75) is 37.0 Å². The second kappa shape index (κ2) is 5.79. The van der Waals surface area contributed by atoms with Crippen molar-refractivity contribution in [1.82, 2.24) is 15.3 Å². The Kier molecular flexibility index (Phi) is 4.18. The molecule has 3 aliphatic heterocycles. The summed E-state index contributed by atoms with van der Waals surface area (Å²) in [6, 6.07) is -1.73. The fourth-order valence-electron chi connectivity index (χ4n) is 3.96. The number of carboxylic acid groups (broad SMARTS) is 1. The normalized spacial score (nSPS) is 36.9. The Balaban J connectivity index is 1.96. The Morgan fingerprint density at radius 3 is 2.71 bits per heavy atom. The molecule has 0 aliphatic carbocycles. The number of piperidine rings is 2. The first-order chi connectivity index (χ1) is 11.2. The fourth-order valence-corrected chi connectivity index (χ4v) is 4.35. The summed E-state index contributed by atoms with van der Waals surface area (Å²) < 4.78 is 49.3. The van der Waals surface area contributed by atoms with Gasteiger partial charge < -0.3 is 15.3 Å². The highest BCUT2D eigenvalue weighted by Gasteiger charge is 2.63. The van der Waals surface area contributed by atoms with Crippen LogP contribution in [0.4, 0.5) is 9.18 Å². The molecule has 0 radical (unpaired) electrons. The van der Waals surface area contributed by atoms with Crippen LogP contribution in [0.2, 0.25) is 0 Å². The number of carboxylic acids is 1. The summed E-state index contributed by atoms with van der Waals surface area (Å²) in [7, 11) is -4.93. The number of fused-ring (bicyclic) bond motifs is 2. The van der Waals surface area contributed by atoms with E-state index in [1.54, 1.807) is 0 Å². The van der Waals surface area contributed by atoms with E-state index in [1.165, 1.54) is 0 Å². The summed E-state index contributed by atoms with van der Waals surface area (Å²) in [5.74, 6) is -2.29. The van der Waals surface area contributed by atoms with Gasteiger partial charge in [-0.25, -0.2) is 14.0 Å². The van der Waals surface area contributed by atoms with Crippen LogP contribution in [0, 0.1) is 5.92 Å². The third-order valence-corrected chi connectivity index (χ3v) is 5.39. The van der Waals surface area contributed by atoms with E-state index in [4.69, 9.17) is 4.55 Å². The molecule has 2 bridgehead atoms. The minimum atomic E-state index is -4.93. The third-order valence-electron chi connectivity index (χ3n) is 5.04. The number of rotatable bonds is 4. The van der Waals surface area contributed by atoms with Gasteiger partial charge in [0, 0.05) is 19.0 Å². The molecule has 24 heavy (non-hydrogen) atoms. The van der Waals surface area contributed by atoms with E-state index < -0.39 is 46.1 Å². The minimum Gasteiger partial charge on any atom is -0.479 e. The fraction of sp³-hybridized carbons (Fsp3) is 0.833. The predicted molar refractivity (Wildman–Crippen MR) is 75.8 cm³/mol. The molecule has 0 aromatic carbocycles. The molecule has 3 saturated heterocycles. The number of hydrogen-bond donors (Lipinski definition) is 3.